The Morgan fingerprint density at radius 3 is 1.33 bits per heavy atom. The summed E-state index contributed by atoms with van der Waals surface area (Å²) in [6.45, 7) is 0. The molecule has 0 atom stereocenters. The van der Waals surface area contributed by atoms with Crippen LogP contribution in [0.25, 0.3) is 0 Å². The third kappa shape index (κ3) is 7.01. The van der Waals surface area contributed by atoms with Gasteiger partial charge in [-0.25, -0.2) is 0 Å². The van der Waals surface area contributed by atoms with Crippen molar-refractivity contribution in [1.29, 1.82) is 0 Å². The molecule has 6 heteroatoms. The molecule has 0 radical (unpaired) electrons. The van der Waals surface area contributed by atoms with Crippen molar-refractivity contribution in [3.63, 3.8) is 0 Å². The molecule has 0 aromatic rings. The predicted octanol–water partition coefficient (Wildman–Crippen LogP) is 2.09. The SMILES string of the molecule is [Br][GeH2][Ge]([Br])([Br])[Br]. The van der Waals surface area contributed by atoms with Crippen molar-refractivity contribution in [2.75, 3.05) is 0 Å². The minimum atomic E-state index is -1.50. The van der Waals surface area contributed by atoms with E-state index in [1.54, 1.807) is 0 Å². The first kappa shape index (κ1) is 9.01. The fourth-order valence-corrected chi connectivity index (χ4v) is 0. The van der Waals surface area contributed by atoms with Crippen LogP contribution in [0.4, 0.5) is 0 Å². The van der Waals surface area contributed by atoms with Gasteiger partial charge in [0, 0.05) is 0 Å². The van der Waals surface area contributed by atoms with Gasteiger partial charge in [-0.1, -0.05) is 0 Å². The Kier molecular flexibility index (Phi) is 5.89. The number of hydrogen-bond acceptors (Lipinski definition) is 0. The first-order valence-corrected chi connectivity index (χ1v) is 32.1. The molecule has 0 bridgehead atoms. The molecule has 0 spiro atoms. The van der Waals surface area contributed by atoms with Crippen LogP contribution in [-0.2, 0) is 0 Å². The molecule has 0 amide bonds. The van der Waals surface area contributed by atoms with E-state index in [1.165, 1.54) is 0 Å². The summed E-state index contributed by atoms with van der Waals surface area (Å²) >= 11 is 13.8. The van der Waals surface area contributed by atoms with Gasteiger partial charge in [0.25, 0.3) is 0 Å². The standard InChI is InChI=1S/Br4Ge2H2/c1-5-6(2,3)4/h5H2. The zero-order valence-corrected chi connectivity index (χ0v) is 14.1. The first-order valence-electron chi connectivity index (χ1n) is 1.19. The molecular weight excluding hydrogens is 465 g/mol. The third-order valence-electron chi connectivity index (χ3n) is 0.152. The van der Waals surface area contributed by atoms with Gasteiger partial charge >= 0.3 is 73.4 Å². The van der Waals surface area contributed by atoms with E-state index in [-0.39, 0.29) is 11.6 Å². The Labute approximate surface area is 71.9 Å². The topological polar surface area (TPSA) is 0 Å². The summed E-state index contributed by atoms with van der Waals surface area (Å²) in [5, 5.41) is 0. The van der Waals surface area contributed by atoms with Gasteiger partial charge in [-0.3, -0.25) is 0 Å². The van der Waals surface area contributed by atoms with E-state index in [0.29, 0.717) is 0 Å². The molecule has 0 saturated heterocycles. The summed E-state index contributed by atoms with van der Waals surface area (Å²) < 4.78 is 0. The second-order valence-corrected chi connectivity index (χ2v) is 105. The number of hydrogen-bond donors (Lipinski definition) is 0. The van der Waals surface area contributed by atoms with Crippen LogP contribution in [0.2, 0.25) is 0 Å². The van der Waals surface area contributed by atoms with Crippen molar-refractivity contribution >= 4 is 73.4 Å². The maximum atomic E-state index is 3.53. The van der Waals surface area contributed by atoms with E-state index in [9.17, 15) is 0 Å². The van der Waals surface area contributed by atoms with Crippen LogP contribution in [0, 0.1) is 0 Å². The van der Waals surface area contributed by atoms with Gasteiger partial charge in [0.15, 0.2) is 0 Å². The van der Waals surface area contributed by atoms with Gasteiger partial charge in [0.2, 0.25) is 0 Å². The fourth-order valence-electron chi connectivity index (χ4n) is 0. The Morgan fingerprint density at radius 1 is 1.17 bits per heavy atom. The molecule has 0 aliphatic rings. The number of halogens is 4. The van der Waals surface area contributed by atoms with Crippen LogP contribution in [0.3, 0.4) is 0 Å². The summed E-state index contributed by atoms with van der Waals surface area (Å²) in [5.41, 5.74) is 0. The van der Waals surface area contributed by atoms with E-state index in [0.717, 1.165) is 0 Å². The monoisotopic (exact) mass is 466 g/mol. The maximum absolute atomic E-state index is 3.53. The van der Waals surface area contributed by atoms with Crippen molar-refractivity contribution in [3.8, 4) is 0 Å². The van der Waals surface area contributed by atoms with Crippen LogP contribution in [0.5, 0.6) is 0 Å². The van der Waals surface area contributed by atoms with E-state index < -0.39 is 5.77 Å². The molecule has 0 rings (SSSR count). The normalized spacial score (nSPS) is 14.0. The van der Waals surface area contributed by atoms with Gasteiger partial charge in [-0.15, -0.1) is 0 Å². The van der Waals surface area contributed by atoms with Crippen molar-refractivity contribution in [1.82, 2.24) is 0 Å². The Balaban J connectivity index is 3.17. The molecule has 0 saturated carbocycles. The second kappa shape index (κ2) is 3.92. The van der Waals surface area contributed by atoms with Gasteiger partial charge in [0.05, 0.1) is 0 Å². The fraction of sp³-hybridized carbons (Fsp3) is 0. The predicted molar refractivity (Wildman–Crippen MR) is 50.0 cm³/mol. The number of rotatable bonds is 1. The van der Waals surface area contributed by atoms with Crippen LogP contribution >= 0.6 is 56.0 Å². The van der Waals surface area contributed by atoms with Crippen LogP contribution < -0.4 is 0 Å². The summed E-state index contributed by atoms with van der Waals surface area (Å²) in [4.78, 5) is 0. The Morgan fingerprint density at radius 2 is 1.33 bits per heavy atom. The van der Waals surface area contributed by atoms with E-state index in [1.807, 2.05) is 0 Å². The second-order valence-electron chi connectivity index (χ2n) is 0.749. The van der Waals surface area contributed by atoms with Crippen molar-refractivity contribution < 1.29 is 0 Å². The van der Waals surface area contributed by atoms with Gasteiger partial charge in [-0.2, -0.15) is 0 Å². The van der Waals surface area contributed by atoms with E-state index >= 15 is 0 Å². The first-order chi connectivity index (χ1) is 2.56. The minimum absolute atomic E-state index is 0.354. The molecule has 0 aliphatic carbocycles. The van der Waals surface area contributed by atoms with Gasteiger partial charge in [-0.05, 0) is 0 Å². The molecule has 0 heterocycles. The molecule has 0 aromatic heterocycles. The van der Waals surface area contributed by atoms with Crippen LogP contribution in [-0.4, -0.2) is 17.4 Å². The van der Waals surface area contributed by atoms with Crippen LogP contribution in [0.1, 0.15) is 0 Å². The zero-order chi connectivity index (χ0) is 5.21. The van der Waals surface area contributed by atoms with Crippen LogP contribution in [0.15, 0.2) is 0 Å². The van der Waals surface area contributed by atoms with E-state index in [2.05, 4.69) is 56.0 Å². The molecule has 0 aliphatic heterocycles. The summed E-state index contributed by atoms with van der Waals surface area (Å²) in [6.07, 6.45) is 0. The molecule has 0 fully saturated rings. The van der Waals surface area contributed by atoms with E-state index in [4.69, 9.17) is 0 Å². The van der Waals surface area contributed by atoms with Gasteiger partial charge < -0.3 is 0 Å². The summed E-state index contributed by atoms with van der Waals surface area (Å²) in [6, 6.07) is 0. The average molecular weight is 467 g/mol. The Bertz CT molecular complexity index is 35.3. The molecule has 6 heavy (non-hydrogen) atoms. The molecule has 0 unspecified atom stereocenters. The quantitative estimate of drug-likeness (QED) is 0.519. The third-order valence-corrected chi connectivity index (χ3v) is 110. The molecule has 0 N–H and O–H groups in total. The molecule has 0 nitrogen and oxygen atoms in total. The van der Waals surface area contributed by atoms with Crippen molar-refractivity contribution in [2.24, 2.45) is 0 Å². The van der Waals surface area contributed by atoms with Gasteiger partial charge in [0.1, 0.15) is 0 Å². The Hall–Kier alpha value is 3.01. The summed E-state index contributed by atoms with van der Waals surface area (Å²) in [7, 11) is 0. The molecule has 38 valence electrons. The molecule has 0 aromatic carbocycles. The van der Waals surface area contributed by atoms with Crippen molar-refractivity contribution in [3.05, 3.63) is 0 Å². The van der Waals surface area contributed by atoms with Crippen molar-refractivity contribution in [2.45, 2.75) is 0 Å². The summed E-state index contributed by atoms with van der Waals surface area (Å²) in [5.74, 6) is -1.50. The average Bonchev–Trinajstić information content (AvgIpc) is 1.35. The molecular formula is H2Br4Ge2. The zero-order valence-electron chi connectivity index (χ0n) is 2.72.